The van der Waals surface area contributed by atoms with Crippen molar-refractivity contribution in [2.75, 3.05) is 12.9 Å². The van der Waals surface area contributed by atoms with Crippen molar-refractivity contribution in [3.05, 3.63) is 59.8 Å². The Hall–Kier alpha value is -1.91. The van der Waals surface area contributed by atoms with Gasteiger partial charge in [0.1, 0.15) is 24.2 Å². The first-order chi connectivity index (χ1) is 11.3. The van der Waals surface area contributed by atoms with E-state index in [0.717, 1.165) is 34.3 Å². The number of hydrogen-bond acceptors (Lipinski definition) is 2. The molecule has 0 amide bonds. The average Bonchev–Trinajstić information content (AvgIpc) is 3.16. The van der Waals surface area contributed by atoms with E-state index < -0.39 is 0 Å². The molecule has 2 aromatic carbocycles. The summed E-state index contributed by atoms with van der Waals surface area (Å²) >= 11 is 7.92. The fourth-order valence-electron chi connectivity index (χ4n) is 2.84. The first-order valence-electron chi connectivity index (χ1n) is 7.44. The van der Waals surface area contributed by atoms with E-state index in [-0.39, 0.29) is 0 Å². The van der Waals surface area contributed by atoms with Gasteiger partial charge in [0.05, 0.1) is 7.11 Å². The normalized spacial score (nSPS) is 13.1. The van der Waals surface area contributed by atoms with Crippen LogP contribution in [0.25, 0.3) is 16.9 Å². The van der Waals surface area contributed by atoms with Gasteiger partial charge in [0.15, 0.2) is 5.69 Å². The van der Waals surface area contributed by atoms with Crippen molar-refractivity contribution in [2.24, 2.45) is 0 Å². The zero-order valence-electron chi connectivity index (χ0n) is 12.7. The van der Waals surface area contributed by atoms with Crippen molar-refractivity contribution >= 4 is 23.4 Å². The number of ether oxygens (including phenoxy) is 1. The van der Waals surface area contributed by atoms with Crippen LogP contribution >= 0.6 is 23.4 Å². The Balaban J connectivity index is 1.88. The summed E-state index contributed by atoms with van der Waals surface area (Å²) in [6.07, 6.45) is 2.23. The van der Waals surface area contributed by atoms with Gasteiger partial charge >= 0.3 is 5.16 Å². The van der Waals surface area contributed by atoms with Crippen molar-refractivity contribution in [3.63, 3.8) is 0 Å². The third-order valence-electron chi connectivity index (χ3n) is 3.99. The number of aromatic nitrogens is 2. The summed E-state index contributed by atoms with van der Waals surface area (Å²) in [5.74, 6) is 1.98. The highest BCUT2D eigenvalue weighted by atomic mass is 35.5. The highest BCUT2D eigenvalue weighted by molar-refractivity contribution is 7.99. The number of fused-ring (bicyclic) bond motifs is 1. The van der Waals surface area contributed by atoms with Gasteiger partial charge in [-0.05, 0) is 60.3 Å². The van der Waals surface area contributed by atoms with Crippen molar-refractivity contribution in [3.8, 4) is 22.7 Å². The van der Waals surface area contributed by atoms with Gasteiger partial charge in [0, 0.05) is 16.3 Å². The predicted octanol–water partition coefficient (Wildman–Crippen LogP) is 4.20. The Bertz CT molecular complexity index is 841. The Kier molecular flexibility index (Phi) is 3.79. The topological polar surface area (TPSA) is 18.0 Å². The van der Waals surface area contributed by atoms with Gasteiger partial charge in [-0.3, -0.25) is 0 Å². The second kappa shape index (κ2) is 5.95. The third kappa shape index (κ3) is 2.62. The molecule has 0 saturated carbocycles. The number of thioether (sulfide) groups is 1. The molecule has 0 fully saturated rings. The minimum atomic E-state index is 0.755. The van der Waals surface area contributed by atoms with Crippen molar-refractivity contribution in [1.82, 2.24) is 4.57 Å². The number of hydrogen-bond donors (Lipinski definition) is 0. The van der Waals surface area contributed by atoms with Crippen LogP contribution in [0.2, 0.25) is 5.02 Å². The lowest BCUT2D eigenvalue weighted by Crippen LogP contribution is -2.30. The van der Waals surface area contributed by atoms with E-state index in [1.54, 1.807) is 7.11 Å². The van der Waals surface area contributed by atoms with E-state index in [2.05, 4.69) is 39.6 Å². The van der Waals surface area contributed by atoms with Gasteiger partial charge in [-0.25, -0.2) is 4.57 Å². The summed E-state index contributed by atoms with van der Waals surface area (Å²) in [4.78, 5) is 0. The Morgan fingerprint density at radius 1 is 1.09 bits per heavy atom. The van der Waals surface area contributed by atoms with E-state index in [1.165, 1.54) is 10.9 Å². The summed E-state index contributed by atoms with van der Waals surface area (Å²) in [7, 11) is 1.69. The Morgan fingerprint density at radius 3 is 2.52 bits per heavy atom. The molecule has 0 N–H and O–H groups in total. The lowest BCUT2D eigenvalue weighted by molar-refractivity contribution is -0.723. The van der Waals surface area contributed by atoms with Crippen molar-refractivity contribution < 1.29 is 9.30 Å². The van der Waals surface area contributed by atoms with E-state index >= 15 is 0 Å². The molecule has 0 bridgehead atoms. The van der Waals surface area contributed by atoms with Crippen LogP contribution in [0.1, 0.15) is 0 Å². The average molecular weight is 344 g/mol. The first-order valence-corrected chi connectivity index (χ1v) is 8.81. The highest BCUT2D eigenvalue weighted by Crippen LogP contribution is 2.32. The SMILES string of the molecule is COc1ccc(-n2c(-c3ccc(Cl)cc3)c[n+]3c2SCC3)cc1. The van der Waals surface area contributed by atoms with Crippen LogP contribution in [0.4, 0.5) is 0 Å². The van der Waals surface area contributed by atoms with Crippen LogP contribution in [-0.4, -0.2) is 17.4 Å². The molecule has 23 heavy (non-hydrogen) atoms. The van der Waals surface area contributed by atoms with Crippen LogP contribution in [0, 0.1) is 0 Å². The maximum absolute atomic E-state index is 6.03. The van der Waals surface area contributed by atoms with Gasteiger partial charge in [-0.15, -0.1) is 0 Å². The summed E-state index contributed by atoms with van der Waals surface area (Å²) in [6.45, 7) is 1.05. The molecule has 3 nitrogen and oxygen atoms in total. The fourth-order valence-corrected chi connectivity index (χ4v) is 4.08. The monoisotopic (exact) mass is 343 g/mol. The summed E-state index contributed by atoms with van der Waals surface area (Å²) < 4.78 is 9.90. The number of nitrogens with zero attached hydrogens (tertiary/aromatic N) is 2. The van der Waals surface area contributed by atoms with E-state index in [0.29, 0.717) is 0 Å². The highest BCUT2D eigenvalue weighted by Gasteiger charge is 2.30. The van der Waals surface area contributed by atoms with Gasteiger partial charge < -0.3 is 4.74 Å². The zero-order valence-corrected chi connectivity index (χ0v) is 14.3. The first kappa shape index (κ1) is 14.7. The molecule has 0 radical (unpaired) electrons. The van der Waals surface area contributed by atoms with Crippen molar-refractivity contribution in [1.29, 1.82) is 0 Å². The predicted molar refractivity (Wildman–Crippen MR) is 93.7 cm³/mol. The third-order valence-corrected chi connectivity index (χ3v) is 5.30. The Labute approximate surface area is 144 Å². The van der Waals surface area contributed by atoms with Gasteiger partial charge in [-0.1, -0.05) is 11.6 Å². The molecular weight excluding hydrogens is 328 g/mol. The van der Waals surface area contributed by atoms with Crippen LogP contribution in [-0.2, 0) is 6.54 Å². The number of rotatable bonds is 3. The van der Waals surface area contributed by atoms with Crippen LogP contribution < -0.4 is 9.30 Å². The largest absolute Gasteiger partial charge is 0.497 e. The molecule has 1 aliphatic heterocycles. The minimum Gasteiger partial charge on any atom is -0.497 e. The maximum atomic E-state index is 6.03. The fraction of sp³-hybridized carbons (Fsp3) is 0.167. The second-order valence-electron chi connectivity index (χ2n) is 5.38. The molecule has 1 aliphatic rings. The molecule has 0 saturated heterocycles. The number of halogens is 1. The van der Waals surface area contributed by atoms with Gasteiger partial charge in [0.2, 0.25) is 0 Å². The quantitative estimate of drug-likeness (QED) is 0.663. The standard InChI is InChI=1S/C18H16ClN2OS/c1-22-16-8-6-15(7-9-16)21-17(12-20-10-11-23-18(20)21)13-2-4-14(19)5-3-13/h2-9,12H,10-11H2,1H3/q+1. The van der Waals surface area contributed by atoms with Crippen LogP contribution in [0.15, 0.2) is 59.9 Å². The molecule has 116 valence electrons. The van der Waals surface area contributed by atoms with Crippen molar-refractivity contribution in [2.45, 2.75) is 11.7 Å². The van der Waals surface area contributed by atoms with E-state index in [1.807, 2.05) is 36.0 Å². The van der Waals surface area contributed by atoms with E-state index in [4.69, 9.17) is 16.3 Å². The number of imidazole rings is 1. The molecule has 0 unspecified atom stereocenters. The summed E-state index contributed by atoms with van der Waals surface area (Å²) in [5.41, 5.74) is 3.47. The smallest absolute Gasteiger partial charge is 0.323 e. The second-order valence-corrected chi connectivity index (χ2v) is 6.88. The number of methoxy groups -OCH3 is 1. The molecule has 0 atom stereocenters. The molecule has 0 spiro atoms. The number of aryl methyl sites for hydroxylation is 1. The van der Waals surface area contributed by atoms with Gasteiger partial charge in [-0.2, -0.15) is 4.57 Å². The molecular formula is C18H16ClN2OS+. The summed E-state index contributed by atoms with van der Waals surface area (Å²) in [6, 6.07) is 16.2. The molecule has 0 aliphatic carbocycles. The molecule has 1 aromatic heterocycles. The molecule has 5 heteroatoms. The Morgan fingerprint density at radius 2 is 1.83 bits per heavy atom. The molecule has 2 heterocycles. The van der Waals surface area contributed by atoms with E-state index in [9.17, 15) is 0 Å². The van der Waals surface area contributed by atoms with Crippen LogP contribution in [0.3, 0.4) is 0 Å². The van der Waals surface area contributed by atoms with Gasteiger partial charge in [0.25, 0.3) is 0 Å². The zero-order chi connectivity index (χ0) is 15.8. The van der Waals surface area contributed by atoms with Crippen LogP contribution in [0.5, 0.6) is 5.75 Å². The molecule has 4 rings (SSSR count). The lowest BCUT2D eigenvalue weighted by atomic mass is 10.1. The summed E-state index contributed by atoms with van der Waals surface area (Å²) in [5, 5.41) is 2.02. The lowest BCUT2D eigenvalue weighted by Gasteiger charge is -2.05. The maximum Gasteiger partial charge on any atom is 0.323 e. The minimum absolute atomic E-state index is 0.755. The number of benzene rings is 2. The molecule has 3 aromatic rings.